The Bertz CT molecular complexity index is 357. The van der Waals surface area contributed by atoms with Crippen LogP contribution in [0.3, 0.4) is 0 Å². The summed E-state index contributed by atoms with van der Waals surface area (Å²) in [6.07, 6.45) is -1.05. The number of carboxylic acids is 1. The predicted octanol–water partition coefficient (Wildman–Crippen LogP) is 1.60. The van der Waals surface area contributed by atoms with E-state index in [0.29, 0.717) is 0 Å². The van der Waals surface area contributed by atoms with Crippen LogP contribution in [-0.2, 0) is 9.53 Å². The normalized spacial score (nSPS) is 16.0. The molecule has 21 heavy (non-hydrogen) atoms. The summed E-state index contributed by atoms with van der Waals surface area (Å²) in [5.41, 5.74) is 0. The number of urea groups is 1. The van der Waals surface area contributed by atoms with E-state index >= 15 is 0 Å². The minimum Gasteiger partial charge on any atom is -0.480 e. The fraction of sp³-hybridized carbons (Fsp3) is 0.833. The van der Waals surface area contributed by atoms with Crippen LogP contribution in [0, 0.1) is 0 Å². The number of rotatable bonds is 7. The molecule has 1 saturated carbocycles. The number of alkyl halides is 3. The molecule has 0 atom stereocenters. The van der Waals surface area contributed by atoms with Crippen LogP contribution in [0.25, 0.3) is 0 Å². The molecule has 0 radical (unpaired) electrons. The van der Waals surface area contributed by atoms with Crippen molar-refractivity contribution in [3.05, 3.63) is 0 Å². The van der Waals surface area contributed by atoms with Crippen LogP contribution in [0.15, 0.2) is 0 Å². The van der Waals surface area contributed by atoms with Crippen LogP contribution >= 0.6 is 0 Å². The molecule has 9 heteroatoms. The van der Waals surface area contributed by atoms with Gasteiger partial charge in [-0.1, -0.05) is 12.8 Å². The Hall–Kier alpha value is -1.51. The molecule has 6 nitrogen and oxygen atoms in total. The highest BCUT2D eigenvalue weighted by molar-refractivity contribution is 5.80. The van der Waals surface area contributed by atoms with Crippen molar-refractivity contribution in [2.75, 3.05) is 26.3 Å². The van der Waals surface area contributed by atoms with E-state index < -0.39 is 31.3 Å². The molecule has 1 aliphatic carbocycles. The topological polar surface area (TPSA) is 78.9 Å². The van der Waals surface area contributed by atoms with Crippen LogP contribution in [0.1, 0.15) is 25.7 Å². The highest BCUT2D eigenvalue weighted by atomic mass is 19.4. The molecule has 0 aromatic heterocycles. The van der Waals surface area contributed by atoms with Crippen molar-refractivity contribution in [1.82, 2.24) is 10.2 Å². The maximum absolute atomic E-state index is 11.9. The minimum absolute atomic E-state index is 0.0995. The van der Waals surface area contributed by atoms with Gasteiger partial charge < -0.3 is 20.1 Å². The zero-order chi connectivity index (χ0) is 15.9. The van der Waals surface area contributed by atoms with Gasteiger partial charge in [0.1, 0.15) is 13.2 Å². The van der Waals surface area contributed by atoms with E-state index in [4.69, 9.17) is 5.11 Å². The lowest BCUT2D eigenvalue weighted by molar-refractivity contribution is -0.173. The summed E-state index contributed by atoms with van der Waals surface area (Å²) in [6, 6.07) is -0.711. The third kappa shape index (κ3) is 7.16. The van der Waals surface area contributed by atoms with Crippen LogP contribution in [0.4, 0.5) is 18.0 Å². The first-order chi connectivity index (χ1) is 9.79. The molecule has 2 N–H and O–H groups in total. The number of nitrogens with one attached hydrogen (secondary N) is 1. The summed E-state index contributed by atoms with van der Waals surface area (Å²) < 4.78 is 39.9. The van der Waals surface area contributed by atoms with Gasteiger partial charge in [0.05, 0.1) is 6.61 Å². The summed E-state index contributed by atoms with van der Waals surface area (Å²) in [7, 11) is 0. The summed E-state index contributed by atoms with van der Waals surface area (Å²) >= 11 is 0. The molecule has 0 unspecified atom stereocenters. The third-order valence-electron chi connectivity index (χ3n) is 3.12. The molecule has 1 fully saturated rings. The number of carboxylic acid groups (broad SMARTS) is 1. The van der Waals surface area contributed by atoms with Crippen molar-refractivity contribution < 1.29 is 32.6 Å². The largest absolute Gasteiger partial charge is 0.480 e. The van der Waals surface area contributed by atoms with Crippen molar-refractivity contribution in [3.63, 3.8) is 0 Å². The average Bonchev–Trinajstić information content (AvgIpc) is 2.87. The SMILES string of the molecule is O=C(O)CN(C(=O)NCCOCC(F)(F)F)C1CCCC1. The van der Waals surface area contributed by atoms with Crippen molar-refractivity contribution in [3.8, 4) is 0 Å². The van der Waals surface area contributed by atoms with Gasteiger partial charge in [0, 0.05) is 12.6 Å². The van der Waals surface area contributed by atoms with Crippen LogP contribution < -0.4 is 5.32 Å². The zero-order valence-electron chi connectivity index (χ0n) is 11.5. The lowest BCUT2D eigenvalue weighted by Gasteiger charge is -2.27. The van der Waals surface area contributed by atoms with E-state index in [1.54, 1.807) is 0 Å². The van der Waals surface area contributed by atoms with E-state index in [9.17, 15) is 22.8 Å². The molecule has 122 valence electrons. The molecule has 0 aromatic carbocycles. The second kappa shape index (κ2) is 8.06. The number of nitrogens with zero attached hydrogens (tertiary/aromatic N) is 1. The lowest BCUT2D eigenvalue weighted by Crippen LogP contribution is -2.48. The number of amides is 2. The standard InChI is InChI=1S/C12H19F3N2O4/c13-12(14,15)8-21-6-5-16-11(20)17(7-10(18)19)9-3-1-2-4-9/h9H,1-8H2,(H,16,20)(H,18,19). The number of carbonyl (C=O) groups is 2. The Kier molecular flexibility index (Phi) is 6.73. The Morgan fingerprint density at radius 1 is 1.29 bits per heavy atom. The molecular weight excluding hydrogens is 293 g/mol. The first-order valence-electron chi connectivity index (χ1n) is 6.70. The Labute approximate surface area is 120 Å². The number of ether oxygens (including phenoxy) is 1. The number of hydrogen-bond donors (Lipinski definition) is 2. The van der Waals surface area contributed by atoms with E-state index in [0.717, 1.165) is 25.7 Å². The van der Waals surface area contributed by atoms with Gasteiger partial charge in [-0.2, -0.15) is 13.2 Å². The monoisotopic (exact) mass is 312 g/mol. The molecule has 2 amide bonds. The van der Waals surface area contributed by atoms with Gasteiger partial charge in [0.15, 0.2) is 0 Å². The number of hydrogen-bond acceptors (Lipinski definition) is 3. The van der Waals surface area contributed by atoms with E-state index in [1.165, 1.54) is 4.90 Å². The Morgan fingerprint density at radius 3 is 2.43 bits per heavy atom. The number of carbonyl (C=O) groups excluding carboxylic acids is 1. The lowest BCUT2D eigenvalue weighted by atomic mass is 10.2. The quantitative estimate of drug-likeness (QED) is 0.700. The molecule has 0 bridgehead atoms. The predicted molar refractivity (Wildman–Crippen MR) is 66.9 cm³/mol. The van der Waals surface area contributed by atoms with Crippen molar-refractivity contribution in [2.24, 2.45) is 0 Å². The summed E-state index contributed by atoms with van der Waals surface area (Å²) in [6.45, 7) is -2.17. The summed E-state index contributed by atoms with van der Waals surface area (Å²) in [5.74, 6) is -1.12. The highest BCUT2D eigenvalue weighted by Crippen LogP contribution is 2.23. The van der Waals surface area contributed by atoms with Crippen LogP contribution in [0.5, 0.6) is 0 Å². The van der Waals surface area contributed by atoms with Gasteiger partial charge in [0.25, 0.3) is 0 Å². The average molecular weight is 312 g/mol. The van der Waals surface area contributed by atoms with Crippen molar-refractivity contribution in [1.29, 1.82) is 0 Å². The molecule has 0 saturated heterocycles. The molecule has 0 aliphatic heterocycles. The molecule has 1 rings (SSSR count). The fourth-order valence-corrected chi connectivity index (χ4v) is 2.25. The number of aliphatic carboxylic acids is 1. The second-order valence-corrected chi connectivity index (χ2v) is 4.86. The van der Waals surface area contributed by atoms with E-state index in [1.807, 2.05) is 0 Å². The zero-order valence-corrected chi connectivity index (χ0v) is 11.5. The first-order valence-corrected chi connectivity index (χ1v) is 6.70. The van der Waals surface area contributed by atoms with Crippen molar-refractivity contribution in [2.45, 2.75) is 37.9 Å². The Balaban J connectivity index is 2.33. The van der Waals surface area contributed by atoms with Gasteiger partial charge >= 0.3 is 18.2 Å². The molecule has 0 heterocycles. The first kappa shape index (κ1) is 17.5. The number of halogens is 3. The molecule has 0 spiro atoms. The van der Waals surface area contributed by atoms with Gasteiger partial charge in [-0.3, -0.25) is 4.79 Å². The van der Waals surface area contributed by atoms with E-state index in [2.05, 4.69) is 10.1 Å². The van der Waals surface area contributed by atoms with Gasteiger partial charge in [0.2, 0.25) is 0 Å². The minimum atomic E-state index is -4.40. The fourth-order valence-electron chi connectivity index (χ4n) is 2.25. The van der Waals surface area contributed by atoms with Gasteiger partial charge in [-0.25, -0.2) is 4.79 Å². The third-order valence-corrected chi connectivity index (χ3v) is 3.12. The molecule has 1 aliphatic rings. The second-order valence-electron chi connectivity index (χ2n) is 4.86. The highest BCUT2D eigenvalue weighted by Gasteiger charge is 2.29. The maximum Gasteiger partial charge on any atom is 0.411 e. The molecular formula is C12H19F3N2O4. The van der Waals surface area contributed by atoms with Crippen LogP contribution in [0.2, 0.25) is 0 Å². The molecule has 0 aromatic rings. The van der Waals surface area contributed by atoms with Crippen LogP contribution in [-0.4, -0.2) is 60.5 Å². The van der Waals surface area contributed by atoms with E-state index in [-0.39, 0.29) is 19.2 Å². The Morgan fingerprint density at radius 2 is 1.90 bits per heavy atom. The summed E-state index contributed by atoms with van der Waals surface area (Å²) in [5, 5.41) is 11.2. The van der Waals surface area contributed by atoms with Gasteiger partial charge in [-0.05, 0) is 12.8 Å². The van der Waals surface area contributed by atoms with Crippen molar-refractivity contribution >= 4 is 12.0 Å². The van der Waals surface area contributed by atoms with Gasteiger partial charge in [-0.15, -0.1) is 0 Å². The maximum atomic E-state index is 11.9. The summed E-state index contributed by atoms with van der Waals surface area (Å²) in [4.78, 5) is 23.9. The smallest absolute Gasteiger partial charge is 0.411 e.